The summed E-state index contributed by atoms with van der Waals surface area (Å²) in [6.45, 7) is 0. The molecule has 8 nitrogen and oxygen atoms in total. The second kappa shape index (κ2) is 3.09. The van der Waals surface area contributed by atoms with Gasteiger partial charge in [0.1, 0.15) is 0 Å². The lowest BCUT2D eigenvalue weighted by molar-refractivity contribution is -0.387. The van der Waals surface area contributed by atoms with E-state index in [4.69, 9.17) is 5.11 Å². The number of nitrogens with zero attached hydrogens (tertiary/aromatic N) is 2. The van der Waals surface area contributed by atoms with Gasteiger partial charge in [0.15, 0.2) is 0 Å². The molecule has 8 heteroatoms. The summed E-state index contributed by atoms with van der Waals surface area (Å²) in [7, 11) is 1.20. The van der Waals surface area contributed by atoms with Gasteiger partial charge in [0.25, 0.3) is 6.01 Å². The summed E-state index contributed by atoms with van der Waals surface area (Å²) in [4.78, 5) is 25.2. The molecule has 0 saturated heterocycles. The summed E-state index contributed by atoms with van der Waals surface area (Å²) in [5.74, 6) is -0.967. The van der Waals surface area contributed by atoms with Crippen molar-refractivity contribution in [2.45, 2.75) is 0 Å². The van der Waals surface area contributed by atoms with Gasteiger partial charge < -0.3 is 9.84 Å². The maximum absolute atomic E-state index is 10.9. The van der Waals surface area contributed by atoms with Crippen LogP contribution in [0.15, 0.2) is 4.79 Å². The zero-order valence-corrected chi connectivity index (χ0v) is 6.47. The van der Waals surface area contributed by atoms with Crippen LogP contribution in [-0.4, -0.2) is 27.1 Å². The fourth-order valence-electron chi connectivity index (χ4n) is 0.696. The first kappa shape index (κ1) is 8.97. The quantitative estimate of drug-likeness (QED) is 0.471. The molecule has 0 radical (unpaired) electrons. The number of hydrogen-bond donors (Lipinski definition) is 2. The molecule has 0 spiro atoms. The Balaban J connectivity index is 3.40. The van der Waals surface area contributed by atoms with Crippen LogP contribution >= 0.6 is 0 Å². The maximum Gasteiger partial charge on any atom is 0.395 e. The van der Waals surface area contributed by atoms with Crippen LogP contribution < -0.4 is 10.3 Å². The van der Waals surface area contributed by atoms with Gasteiger partial charge in [-0.15, -0.1) is 0 Å². The van der Waals surface area contributed by atoms with E-state index in [-0.39, 0.29) is 6.01 Å². The zero-order valence-electron chi connectivity index (χ0n) is 6.47. The van der Waals surface area contributed by atoms with Crippen LogP contribution in [-0.2, 0) is 0 Å². The average Bonchev–Trinajstić information content (AvgIpc) is 2.02. The number of ether oxygens (including phenoxy) is 1. The number of aromatic amines is 1. The van der Waals surface area contributed by atoms with Gasteiger partial charge in [-0.05, 0) is 0 Å². The maximum atomic E-state index is 10.9. The molecule has 0 unspecified atom stereocenters. The Hall–Kier alpha value is -2.12. The summed E-state index contributed by atoms with van der Waals surface area (Å²) < 4.78 is 4.46. The molecule has 0 atom stereocenters. The number of methoxy groups -OCH3 is 1. The van der Waals surface area contributed by atoms with Crippen molar-refractivity contribution in [2.75, 3.05) is 7.11 Å². The minimum atomic E-state index is -1.06. The van der Waals surface area contributed by atoms with Gasteiger partial charge in [-0.1, -0.05) is 0 Å². The van der Waals surface area contributed by atoms with E-state index in [0.29, 0.717) is 0 Å². The topological polar surface area (TPSA) is 118 Å². The van der Waals surface area contributed by atoms with Crippen LogP contribution in [0.1, 0.15) is 0 Å². The molecule has 0 aliphatic rings. The first-order valence-electron chi connectivity index (χ1n) is 3.08. The number of aromatic nitrogens is 2. The molecule has 1 aromatic heterocycles. The number of aromatic hydroxyl groups is 1. The van der Waals surface area contributed by atoms with Crippen molar-refractivity contribution in [2.24, 2.45) is 0 Å². The Labute approximate surface area is 71.0 Å². The number of nitrogens with one attached hydrogen (secondary N) is 1. The van der Waals surface area contributed by atoms with Crippen molar-refractivity contribution < 1.29 is 14.8 Å². The molecule has 0 amide bonds. The minimum Gasteiger partial charge on any atom is -0.488 e. The van der Waals surface area contributed by atoms with Crippen molar-refractivity contribution in [3.8, 4) is 11.9 Å². The van der Waals surface area contributed by atoms with Gasteiger partial charge in [-0.25, -0.2) is 0 Å². The normalized spacial score (nSPS) is 9.62. The van der Waals surface area contributed by atoms with Crippen LogP contribution in [0.2, 0.25) is 0 Å². The fourth-order valence-corrected chi connectivity index (χ4v) is 0.696. The molecule has 0 aromatic carbocycles. The van der Waals surface area contributed by atoms with Crippen molar-refractivity contribution in [1.82, 2.24) is 9.97 Å². The lowest BCUT2D eigenvalue weighted by atomic mass is 10.5. The molecule has 1 rings (SSSR count). The number of rotatable bonds is 2. The largest absolute Gasteiger partial charge is 0.488 e. The summed E-state index contributed by atoms with van der Waals surface area (Å²) in [6, 6.07) is -0.284. The van der Waals surface area contributed by atoms with Crippen LogP contribution in [0.4, 0.5) is 5.69 Å². The monoisotopic (exact) mass is 187 g/mol. The second-order valence-electron chi connectivity index (χ2n) is 2.00. The van der Waals surface area contributed by atoms with E-state index in [9.17, 15) is 14.9 Å². The molecule has 13 heavy (non-hydrogen) atoms. The highest BCUT2D eigenvalue weighted by atomic mass is 16.6. The van der Waals surface area contributed by atoms with Gasteiger partial charge in [-0.2, -0.15) is 4.98 Å². The van der Waals surface area contributed by atoms with E-state index in [0.717, 1.165) is 0 Å². The zero-order chi connectivity index (χ0) is 10.0. The second-order valence-corrected chi connectivity index (χ2v) is 2.00. The van der Waals surface area contributed by atoms with Crippen LogP contribution in [0.5, 0.6) is 11.9 Å². The smallest absolute Gasteiger partial charge is 0.395 e. The van der Waals surface area contributed by atoms with Crippen LogP contribution in [0.25, 0.3) is 0 Å². The van der Waals surface area contributed by atoms with E-state index in [1.165, 1.54) is 7.11 Å². The molecule has 2 N–H and O–H groups in total. The Morgan fingerprint density at radius 1 is 1.69 bits per heavy atom. The van der Waals surface area contributed by atoms with Crippen LogP contribution in [0.3, 0.4) is 0 Å². The Kier molecular flexibility index (Phi) is 2.13. The highest BCUT2D eigenvalue weighted by Gasteiger charge is 2.21. The van der Waals surface area contributed by atoms with Gasteiger partial charge in [0, 0.05) is 0 Å². The third kappa shape index (κ3) is 1.55. The molecule has 0 aliphatic heterocycles. The first-order chi connectivity index (χ1) is 6.06. The van der Waals surface area contributed by atoms with Gasteiger partial charge in [0.05, 0.1) is 12.0 Å². The number of H-pyrrole nitrogens is 1. The average molecular weight is 187 g/mol. The summed E-state index contributed by atoms with van der Waals surface area (Å²) >= 11 is 0. The Bertz CT molecular complexity index is 398. The van der Waals surface area contributed by atoms with Crippen molar-refractivity contribution >= 4 is 5.69 Å². The van der Waals surface area contributed by atoms with E-state index in [1.54, 1.807) is 0 Å². The predicted molar refractivity (Wildman–Crippen MR) is 39.7 cm³/mol. The molecule has 70 valence electrons. The van der Waals surface area contributed by atoms with Crippen molar-refractivity contribution in [3.05, 3.63) is 20.5 Å². The number of hydrogen-bond acceptors (Lipinski definition) is 6. The van der Waals surface area contributed by atoms with Crippen LogP contribution in [0, 0.1) is 10.1 Å². The number of nitro groups is 1. The van der Waals surface area contributed by atoms with E-state index in [1.807, 2.05) is 4.98 Å². The Morgan fingerprint density at radius 2 is 2.31 bits per heavy atom. The molecule has 1 aromatic rings. The highest BCUT2D eigenvalue weighted by molar-refractivity contribution is 5.37. The summed E-state index contributed by atoms with van der Waals surface area (Å²) in [5, 5.41) is 19.1. The van der Waals surface area contributed by atoms with E-state index >= 15 is 0 Å². The summed E-state index contributed by atoms with van der Waals surface area (Å²) in [5.41, 5.74) is -2.06. The molecule has 1 heterocycles. The first-order valence-corrected chi connectivity index (χ1v) is 3.08. The Morgan fingerprint density at radius 3 is 2.69 bits per heavy atom. The molecule has 0 aliphatic carbocycles. The van der Waals surface area contributed by atoms with Crippen molar-refractivity contribution in [3.63, 3.8) is 0 Å². The molecular weight excluding hydrogens is 182 g/mol. The standard InChI is InChI=1S/C5H5N3O5/c1-13-5-6-3(9)2(8(11)12)4(10)7-5/h1H3,(H2,6,7,9,10). The van der Waals surface area contributed by atoms with E-state index in [2.05, 4.69) is 9.72 Å². The van der Waals surface area contributed by atoms with Gasteiger partial charge in [-0.3, -0.25) is 19.9 Å². The minimum absolute atomic E-state index is 0.284. The lowest BCUT2D eigenvalue weighted by Gasteiger charge is -1.97. The molecule has 0 bridgehead atoms. The SMILES string of the molecule is COc1nc(O)c([N+](=O)[O-])c(=O)[nH]1. The third-order valence-electron chi connectivity index (χ3n) is 1.23. The summed E-state index contributed by atoms with van der Waals surface area (Å²) in [6.07, 6.45) is 0. The molecular formula is C5H5N3O5. The van der Waals surface area contributed by atoms with Gasteiger partial charge in [0.2, 0.25) is 0 Å². The van der Waals surface area contributed by atoms with Gasteiger partial charge >= 0.3 is 17.1 Å². The fraction of sp³-hybridized carbons (Fsp3) is 0.200. The molecule has 0 saturated carbocycles. The lowest BCUT2D eigenvalue weighted by Crippen LogP contribution is -2.13. The van der Waals surface area contributed by atoms with E-state index < -0.39 is 22.0 Å². The van der Waals surface area contributed by atoms with Crippen molar-refractivity contribution in [1.29, 1.82) is 0 Å². The highest BCUT2D eigenvalue weighted by Crippen LogP contribution is 2.18. The third-order valence-corrected chi connectivity index (χ3v) is 1.23. The predicted octanol–water partition coefficient (Wildman–Crippen LogP) is -0.608. The molecule has 0 fully saturated rings.